The van der Waals surface area contributed by atoms with E-state index in [1.54, 1.807) is 18.2 Å². The Morgan fingerprint density at radius 3 is 2.34 bits per heavy atom. The van der Waals surface area contributed by atoms with Crippen molar-refractivity contribution >= 4 is 27.5 Å². The number of aliphatic hydroxyl groups is 1. The lowest BCUT2D eigenvalue weighted by molar-refractivity contribution is -0.249. The molecule has 0 aliphatic carbocycles. The Balaban J connectivity index is 1.69. The average molecular weight is 427 g/mol. The molecule has 1 aliphatic rings. The second-order valence-electron chi connectivity index (χ2n) is 6.57. The summed E-state index contributed by atoms with van der Waals surface area (Å²) in [4.78, 5) is 12.1. The summed E-state index contributed by atoms with van der Waals surface area (Å²) < 4.78 is 65.7. The molecule has 11 heteroatoms. The van der Waals surface area contributed by atoms with E-state index in [1.807, 2.05) is 5.32 Å². The van der Waals surface area contributed by atoms with E-state index in [2.05, 4.69) is 9.71 Å². The number of nitrogens with one attached hydrogen (secondary N) is 2. The van der Waals surface area contributed by atoms with Gasteiger partial charge >= 0.3 is 6.18 Å². The highest BCUT2D eigenvalue weighted by molar-refractivity contribution is 7.90. The summed E-state index contributed by atoms with van der Waals surface area (Å²) in [5, 5.41) is 14.2. The van der Waals surface area contributed by atoms with Gasteiger partial charge in [-0.1, -0.05) is 12.1 Å². The lowest BCUT2D eigenvalue weighted by atomic mass is 10.1. The molecule has 154 valence electrons. The number of anilines is 1. The zero-order valence-corrected chi connectivity index (χ0v) is 15.8. The van der Waals surface area contributed by atoms with Crippen LogP contribution in [0.15, 0.2) is 57.8 Å². The second-order valence-corrected chi connectivity index (χ2v) is 8.14. The van der Waals surface area contributed by atoms with Gasteiger partial charge in [-0.3, -0.25) is 4.79 Å². The molecule has 1 atom stereocenters. The molecule has 1 amide bonds. The quantitative estimate of drug-likeness (QED) is 0.694. The highest BCUT2D eigenvalue weighted by atomic mass is 32.2. The fourth-order valence-electron chi connectivity index (χ4n) is 2.49. The molecule has 0 aromatic heterocycles. The zero-order chi connectivity index (χ0) is 21.4. The zero-order valence-electron chi connectivity index (χ0n) is 15.0. The van der Waals surface area contributed by atoms with Gasteiger partial charge in [0.1, 0.15) is 4.90 Å². The van der Waals surface area contributed by atoms with Crippen LogP contribution in [-0.4, -0.2) is 43.6 Å². The van der Waals surface area contributed by atoms with E-state index in [1.165, 1.54) is 30.3 Å². The molecule has 7 nitrogen and oxygen atoms in total. The first-order chi connectivity index (χ1) is 13.4. The Morgan fingerprint density at radius 2 is 1.72 bits per heavy atom. The van der Waals surface area contributed by atoms with Crippen LogP contribution in [0, 0.1) is 0 Å². The van der Waals surface area contributed by atoms with Crippen molar-refractivity contribution in [3.63, 3.8) is 0 Å². The van der Waals surface area contributed by atoms with Crippen molar-refractivity contribution in [2.24, 2.45) is 4.40 Å². The Hall–Kier alpha value is -2.92. The van der Waals surface area contributed by atoms with E-state index in [0.29, 0.717) is 18.2 Å². The molecule has 0 bridgehead atoms. The van der Waals surface area contributed by atoms with Gasteiger partial charge in [-0.15, -0.1) is 4.40 Å². The summed E-state index contributed by atoms with van der Waals surface area (Å²) in [7, 11) is -3.78. The first kappa shape index (κ1) is 20.8. The summed E-state index contributed by atoms with van der Waals surface area (Å²) in [5.74, 6) is -0.675. The number of fused-ring (bicyclic) bond motifs is 1. The van der Waals surface area contributed by atoms with Gasteiger partial charge in [-0.05, 0) is 43.3 Å². The van der Waals surface area contributed by atoms with Crippen molar-refractivity contribution in [2.75, 3.05) is 11.9 Å². The van der Waals surface area contributed by atoms with Gasteiger partial charge < -0.3 is 15.7 Å². The maximum absolute atomic E-state index is 12.6. The molecule has 1 heterocycles. The molecule has 2 aromatic carbocycles. The van der Waals surface area contributed by atoms with Gasteiger partial charge in [0, 0.05) is 16.8 Å². The number of benzene rings is 2. The maximum Gasteiger partial charge on any atom is 0.418 e. The van der Waals surface area contributed by atoms with Crippen molar-refractivity contribution < 1.29 is 31.5 Å². The van der Waals surface area contributed by atoms with Gasteiger partial charge in [-0.25, -0.2) is 0 Å². The highest BCUT2D eigenvalue weighted by Crippen LogP contribution is 2.29. The van der Waals surface area contributed by atoms with Crippen LogP contribution in [0.3, 0.4) is 0 Å². The molecular formula is C18H16F3N3O4S. The second kappa shape index (κ2) is 7.16. The van der Waals surface area contributed by atoms with E-state index in [-0.39, 0.29) is 16.3 Å². The highest BCUT2D eigenvalue weighted by Gasteiger charge is 2.49. The number of amides is 1. The number of hydrogen-bond acceptors (Lipinski definition) is 5. The number of sulfonamides is 1. The molecular weight excluding hydrogens is 411 g/mol. The lowest BCUT2D eigenvalue weighted by Gasteiger charge is -2.26. The number of halogens is 3. The average Bonchev–Trinajstić information content (AvgIpc) is 2.90. The van der Waals surface area contributed by atoms with E-state index < -0.39 is 34.3 Å². The fraction of sp³-hybridized carbons (Fsp3) is 0.222. The number of carbonyl (C=O) groups excluding carboxylic acids is 1. The summed E-state index contributed by atoms with van der Waals surface area (Å²) in [5.41, 5.74) is -2.16. The molecule has 0 unspecified atom stereocenters. The Morgan fingerprint density at radius 1 is 1.10 bits per heavy atom. The molecule has 0 saturated heterocycles. The van der Waals surface area contributed by atoms with Crippen LogP contribution in [0.2, 0.25) is 0 Å². The molecule has 3 N–H and O–H groups in total. The van der Waals surface area contributed by atoms with Crippen LogP contribution in [0.1, 0.15) is 22.8 Å². The van der Waals surface area contributed by atoms with Crippen molar-refractivity contribution in [2.45, 2.75) is 23.6 Å². The Kier molecular flexibility index (Phi) is 5.13. The first-order valence-electron chi connectivity index (χ1n) is 8.29. The minimum absolute atomic E-state index is 0.0647. The molecule has 2 aromatic rings. The van der Waals surface area contributed by atoms with Crippen LogP contribution in [0.5, 0.6) is 0 Å². The van der Waals surface area contributed by atoms with Gasteiger partial charge in [0.2, 0.25) is 0 Å². The number of hydrogen-bond donors (Lipinski definition) is 3. The van der Waals surface area contributed by atoms with Gasteiger partial charge in [-0.2, -0.15) is 21.6 Å². The molecule has 0 saturated carbocycles. The number of alkyl halides is 3. The number of nitrogens with zero attached hydrogens (tertiary/aromatic N) is 1. The monoisotopic (exact) mass is 427 g/mol. The molecule has 0 radical (unpaired) electrons. The summed E-state index contributed by atoms with van der Waals surface area (Å²) in [6, 6.07) is 11.9. The summed E-state index contributed by atoms with van der Waals surface area (Å²) >= 11 is 0. The Bertz CT molecular complexity index is 1080. The third-order valence-electron chi connectivity index (χ3n) is 4.25. The van der Waals surface area contributed by atoms with Crippen LogP contribution in [-0.2, 0) is 10.0 Å². The maximum atomic E-state index is 12.6. The molecule has 0 spiro atoms. The number of rotatable bonds is 4. The minimum atomic E-state index is -4.88. The van der Waals surface area contributed by atoms with Crippen molar-refractivity contribution in [1.29, 1.82) is 0 Å². The van der Waals surface area contributed by atoms with Crippen molar-refractivity contribution in [3.8, 4) is 0 Å². The minimum Gasteiger partial charge on any atom is -0.379 e. The number of amidine groups is 1. The van der Waals surface area contributed by atoms with Gasteiger partial charge in [0.05, 0.1) is 6.54 Å². The van der Waals surface area contributed by atoms with Crippen LogP contribution >= 0.6 is 0 Å². The smallest absolute Gasteiger partial charge is 0.379 e. The predicted octanol–water partition coefficient (Wildman–Crippen LogP) is 2.29. The van der Waals surface area contributed by atoms with E-state index in [4.69, 9.17) is 0 Å². The lowest BCUT2D eigenvalue weighted by Crippen LogP contribution is -2.51. The third kappa shape index (κ3) is 4.25. The summed E-state index contributed by atoms with van der Waals surface area (Å²) in [6.07, 6.45) is -4.88. The van der Waals surface area contributed by atoms with E-state index in [0.717, 1.165) is 0 Å². The van der Waals surface area contributed by atoms with E-state index >= 15 is 0 Å². The molecule has 1 aliphatic heterocycles. The fourth-order valence-corrected chi connectivity index (χ4v) is 3.67. The number of carbonyl (C=O) groups is 1. The molecule has 29 heavy (non-hydrogen) atoms. The molecule has 0 fully saturated rings. The first-order valence-corrected chi connectivity index (χ1v) is 9.73. The van der Waals surface area contributed by atoms with Crippen LogP contribution < -0.4 is 10.6 Å². The van der Waals surface area contributed by atoms with Crippen LogP contribution in [0.25, 0.3) is 0 Å². The van der Waals surface area contributed by atoms with Crippen molar-refractivity contribution in [1.82, 2.24) is 5.32 Å². The SMILES string of the molecule is C[C@@](O)(CNC(=O)c1ccc(NC2=NS(=O)(=O)c3ccccc32)cc1)C(F)(F)F. The third-order valence-corrected chi connectivity index (χ3v) is 5.58. The molecule has 3 rings (SSSR count). The van der Waals surface area contributed by atoms with Gasteiger partial charge in [0.15, 0.2) is 11.4 Å². The van der Waals surface area contributed by atoms with Crippen LogP contribution in [0.4, 0.5) is 18.9 Å². The summed E-state index contributed by atoms with van der Waals surface area (Å²) in [6.45, 7) is -0.435. The van der Waals surface area contributed by atoms with E-state index in [9.17, 15) is 31.5 Å². The van der Waals surface area contributed by atoms with Crippen molar-refractivity contribution in [3.05, 3.63) is 59.7 Å². The normalized spacial score (nSPS) is 17.1. The standard InChI is InChI=1S/C18H16F3N3O4S/c1-17(26,18(19,20)21)10-22-16(25)11-6-8-12(9-7-11)23-15-13-4-2-3-5-14(13)29(27,28)24-15/h2-9,26H,10H2,1H3,(H,22,25)(H,23,24)/t17-/m1/s1. The Labute approximate surface area is 164 Å². The van der Waals surface area contributed by atoms with Gasteiger partial charge in [0.25, 0.3) is 15.9 Å². The topological polar surface area (TPSA) is 108 Å². The largest absolute Gasteiger partial charge is 0.418 e. The predicted molar refractivity (Wildman–Crippen MR) is 99.2 cm³/mol.